The molecule has 0 saturated carbocycles. The van der Waals surface area contributed by atoms with Crippen LogP contribution in [0.1, 0.15) is 25.8 Å². The van der Waals surface area contributed by atoms with E-state index in [1.54, 1.807) is 37.3 Å². The number of carbonyl (C=O) groups is 2. The molecule has 0 fully saturated rings. The number of methoxy groups -OCH3 is 1. The van der Waals surface area contributed by atoms with Gasteiger partial charge in [0.15, 0.2) is 0 Å². The Labute approximate surface area is 229 Å². The number of sulfonamides is 1. The minimum absolute atomic E-state index is 0.000190. The average molecular weight is 558 g/mol. The number of anilines is 1. The van der Waals surface area contributed by atoms with Gasteiger partial charge in [0.05, 0.1) is 17.7 Å². The Bertz CT molecular complexity index is 1340. The molecule has 0 radical (unpaired) electrons. The molecule has 0 aliphatic heterocycles. The number of rotatable bonds is 12. The molecule has 1 N–H and O–H groups in total. The molecular weight excluding hydrogens is 526 g/mol. The maximum atomic E-state index is 14.0. The standard InChI is InChI=1S/C28H32ClN3O5S/c1-4-24(28(34)30-5-2)31(19-21-12-8-6-9-13-21)27(33)20-32(25-18-22(29)16-17-26(25)37-3)38(35,36)23-14-10-7-11-15-23/h6-18,24H,4-5,19-20H2,1-3H3,(H,30,34). The van der Waals surface area contributed by atoms with Crippen LogP contribution in [0, 0.1) is 0 Å². The van der Waals surface area contributed by atoms with Crippen molar-refractivity contribution in [2.45, 2.75) is 37.8 Å². The molecular formula is C28H32ClN3O5S. The maximum absolute atomic E-state index is 14.0. The van der Waals surface area contributed by atoms with Crippen molar-refractivity contribution in [1.29, 1.82) is 0 Å². The normalized spacial score (nSPS) is 11.9. The third-order valence-electron chi connectivity index (χ3n) is 5.95. The predicted octanol–water partition coefficient (Wildman–Crippen LogP) is 4.49. The first-order valence-electron chi connectivity index (χ1n) is 12.2. The summed E-state index contributed by atoms with van der Waals surface area (Å²) in [4.78, 5) is 28.3. The number of likely N-dealkylation sites (N-methyl/N-ethyl adjacent to an activating group) is 1. The summed E-state index contributed by atoms with van der Waals surface area (Å²) in [6, 6.07) is 20.8. The highest BCUT2D eigenvalue weighted by Crippen LogP contribution is 2.35. The molecule has 0 bridgehead atoms. The molecule has 1 atom stereocenters. The quantitative estimate of drug-likeness (QED) is 0.354. The molecule has 1 unspecified atom stereocenters. The second kappa shape index (κ2) is 13.3. The molecule has 0 spiro atoms. The zero-order chi connectivity index (χ0) is 27.7. The zero-order valence-corrected chi connectivity index (χ0v) is 23.2. The Kier molecular flexibility index (Phi) is 10.2. The van der Waals surface area contributed by atoms with Crippen molar-refractivity contribution in [2.75, 3.05) is 24.5 Å². The molecule has 3 aromatic carbocycles. The van der Waals surface area contributed by atoms with Gasteiger partial charge >= 0.3 is 0 Å². The topological polar surface area (TPSA) is 96.0 Å². The van der Waals surface area contributed by atoms with Crippen LogP contribution in [0.25, 0.3) is 0 Å². The minimum atomic E-state index is -4.22. The number of hydrogen-bond acceptors (Lipinski definition) is 5. The van der Waals surface area contributed by atoms with Gasteiger partial charge in [0.2, 0.25) is 11.8 Å². The van der Waals surface area contributed by atoms with Crippen LogP contribution in [0.15, 0.2) is 83.8 Å². The number of carbonyl (C=O) groups excluding carboxylic acids is 2. The van der Waals surface area contributed by atoms with Gasteiger partial charge in [-0.05, 0) is 49.2 Å². The Morgan fingerprint density at radius 2 is 1.61 bits per heavy atom. The summed E-state index contributed by atoms with van der Waals surface area (Å²) in [5.41, 5.74) is 0.921. The van der Waals surface area contributed by atoms with Crippen molar-refractivity contribution >= 4 is 39.1 Å². The van der Waals surface area contributed by atoms with E-state index in [1.807, 2.05) is 37.3 Å². The second-order valence-electron chi connectivity index (χ2n) is 8.47. The first-order chi connectivity index (χ1) is 18.2. The lowest BCUT2D eigenvalue weighted by molar-refractivity contribution is -0.140. The summed E-state index contributed by atoms with van der Waals surface area (Å²) in [6.45, 7) is 3.56. The number of benzene rings is 3. The fraction of sp³-hybridized carbons (Fsp3) is 0.286. The van der Waals surface area contributed by atoms with E-state index in [4.69, 9.17) is 16.3 Å². The third-order valence-corrected chi connectivity index (χ3v) is 7.96. The van der Waals surface area contributed by atoms with Crippen molar-refractivity contribution in [3.05, 3.63) is 89.4 Å². The van der Waals surface area contributed by atoms with E-state index in [-0.39, 0.29) is 33.8 Å². The highest BCUT2D eigenvalue weighted by atomic mass is 35.5. The first kappa shape index (κ1) is 29.0. The lowest BCUT2D eigenvalue weighted by atomic mass is 10.1. The number of nitrogens with zero attached hydrogens (tertiary/aromatic N) is 2. The van der Waals surface area contributed by atoms with Gasteiger partial charge in [-0.15, -0.1) is 0 Å². The predicted molar refractivity (Wildman–Crippen MR) is 149 cm³/mol. The van der Waals surface area contributed by atoms with Crippen LogP contribution in [0.2, 0.25) is 5.02 Å². The van der Waals surface area contributed by atoms with Gasteiger partial charge in [-0.2, -0.15) is 0 Å². The van der Waals surface area contributed by atoms with Gasteiger partial charge in [0, 0.05) is 18.1 Å². The Hall–Kier alpha value is -3.56. The summed E-state index contributed by atoms with van der Waals surface area (Å²) in [5.74, 6) is -0.627. The van der Waals surface area contributed by atoms with E-state index >= 15 is 0 Å². The minimum Gasteiger partial charge on any atom is -0.495 e. The largest absolute Gasteiger partial charge is 0.495 e. The van der Waals surface area contributed by atoms with Gasteiger partial charge in [-0.3, -0.25) is 13.9 Å². The molecule has 0 aliphatic rings. The molecule has 3 rings (SSSR count). The van der Waals surface area contributed by atoms with Crippen LogP contribution in [0.5, 0.6) is 5.75 Å². The molecule has 10 heteroatoms. The van der Waals surface area contributed by atoms with E-state index in [1.165, 1.54) is 30.2 Å². The SMILES string of the molecule is CCNC(=O)C(CC)N(Cc1ccccc1)C(=O)CN(c1cc(Cl)ccc1OC)S(=O)(=O)c1ccccc1. The van der Waals surface area contributed by atoms with Crippen LogP contribution in [0.4, 0.5) is 5.69 Å². The monoisotopic (exact) mass is 557 g/mol. The van der Waals surface area contributed by atoms with E-state index in [2.05, 4.69) is 5.32 Å². The molecule has 0 saturated heterocycles. The average Bonchev–Trinajstić information content (AvgIpc) is 2.92. The molecule has 3 aromatic rings. The molecule has 8 nitrogen and oxygen atoms in total. The molecule has 0 heterocycles. The lowest BCUT2D eigenvalue weighted by Gasteiger charge is -2.33. The van der Waals surface area contributed by atoms with Crippen molar-refractivity contribution in [1.82, 2.24) is 10.2 Å². The summed E-state index contributed by atoms with van der Waals surface area (Å²) >= 11 is 6.24. The van der Waals surface area contributed by atoms with Crippen molar-refractivity contribution in [3.8, 4) is 5.75 Å². The molecule has 0 aromatic heterocycles. The van der Waals surface area contributed by atoms with E-state index in [0.29, 0.717) is 13.0 Å². The van der Waals surface area contributed by atoms with Crippen molar-refractivity contribution < 1.29 is 22.7 Å². The molecule has 38 heavy (non-hydrogen) atoms. The van der Waals surface area contributed by atoms with Crippen LogP contribution >= 0.6 is 11.6 Å². The Balaban J connectivity index is 2.11. The lowest BCUT2D eigenvalue weighted by Crippen LogP contribution is -2.52. The number of halogens is 1. The highest BCUT2D eigenvalue weighted by Gasteiger charge is 2.34. The van der Waals surface area contributed by atoms with Gasteiger partial charge < -0.3 is 15.0 Å². The number of amides is 2. The molecule has 0 aliphatic carbocycles. The third kappa shape index (κ3) is 6.85. The van der Waals surface area contributed by atoms with Gasteiger partial charge in [-0.25, -0.2) is 8.42 Å². The second-order valence-corrected chi connectivity index (χ2v) is 10.8. The van der Waals surface area contributed by atoms with Crippen LogP contribution < -0.4 is 14.4 Å². The van der Waals surface area contributed by atoms with Gasteiger partial charge in [0.25, 0.3) is 10.0 Å². The van der Waals surface area contributed by atoms with E-state index < -0.39 is 28.5 Å². The van der Waals surface area contributed by atoms with Crippen LogP contribution in [0.3, 0.4) is 0 Å². The summed E-state index contributed by atoms with van der Waals surface area (Å²) in [7, 11) is -2.81. The first-order valence-corrected chi connectivity index (χ1v) is 14.1. The van der Waals surface area contributed by atoms with Crippen LogP contribution in [-0.4, -0.2) is 51.4 Å². The summed E-state index contributed by atoms with van der Waals surface area (Å²) in [6.07, 6.45) is 0.344. The van der Waals surface area contributed by atoms with E-state index in [0.717, 1.165) is 9.87 Å². The van der Waals surface area contributed by atoms with Gasteiger partial charge in [0.1, 0.15) is 18.3 Å². The van der Waals surface area contributed by atoms with Crippen molar-refractivity contribution in [3.63, 3.8) is 0 Å². The van der Waals surface area contributed by atoms with Crippen LogP contribution in [-0.2, 0) is 26.2 Å². The summed E-state index contributed by atoms with van der Waals surface area (Å²) in [5, 5.41) is 3.06. The fourth-order valence-corrected chi connectivity index (χ4v) is 5.69. The highest BCUT2D eigenvalue weighted by molar-refractivity contribution is 7.92. The van der Waals surface area contributed by atoms with Gasteiger partial charge in [-0.1, -0.05) is 67.1 Å². The zero-order valence-electron chi connectivity index (χ0n) is 21.6. The Morgan fingerprint density at radius 3 is 2.18 bits per heavy atom. The number of nitrogens with one attached hydrogen (secondary N) is 1. The van der Waals surface area contributed by atoms with E-state index in [9.17, 15) is 18.0 Å². The molecule has 2 amide bonds. The molecule has 202 valence electrons. The fourth-order valence-electron chi connectivity index (χ4n) is 4.08. The number of hydrogen-bond donors (Lipinski definition) is 1. The van der Waals surface area contributed by atoms with Crippen molar-refractivity contribution in [2.24, 2.45) is 0 Å². The summed E-state index contributed by atoms with van der Waals surface area (Å²) < 4.78 is 34.2. The smallest absolute Gasteiger partial charge is 0.264 e. The Morgan fingerprint density at radius 1 is 0.974 bits per heavy atom. The number of ether oxygens (including phenoxy) is 1. The maximum Gasteiger partial charge on any atom is 0.264 e.